The number of carbonyl (C=O) groups is 2. The van der Waals surface area contributed by atoms with Crippen LogP contribution in [0.4, 0.5) is 0 Å². The number of hydrogen-bond acceptors (Lipinski definition) is 6. The molecule has 150 valence electrons. The smallest absolute Gasteiger partial charge is 0.345 e. The van der Waals surface area contributed by atoms with Gasteiger partial charge in [0.2, 0.25) is 0 Å². The molecule has 3 aromatic heterocycles. The SMILES string of the molecule is Cn1ncc2ncc(C(=O)N3CCC4(CC3)OCCc3sc(C(=O)O)cc34)cc21. The number of aryl methyl sites for hydroxylation is 1. The van der Waals surface area contributed by atoms with Gasteiger partial charge in [-0.2, -0.15) is 5.10 Å². The van der Waals surface area contributed by atoms with Gasteiger partial charge < -0.3 is 14.7 Å². The predicted octanol–water partition coefficient (Wildman–Crippen LogP) is 2.43. The van der Waals surface area contributed by atoms with Crippen molar-refractivity contribution >= 4 is 34.2 Å². The number of carboxylic acid groups (broad SMARTS) is 1. The minimum atomic E-state index is -0.898. The van der Waals surface area contributed by atoms with Gasteiger partial charge in [-0.15, -0.1) is 11.3 Å². The highest BCUT2D eigenvalue weighted by Crippen LogP contribution is 2.44. The summed E-state index contributed by atoms with van der Waals surface area (Å²) in [6, 6.07) is 3.59. The lowest BCUT2D eigenvalue weighted by atomic mass is 9.82. The first-order chi connectivity index (χ1) is 14.0. The molecule has 1 N–H and O–H groups in total. The van der Waals surface area contributed by atoms with Gasteiger partial charge in [0.15, 0.2) is 0 Å². The molecule has 0 aromatic carbocycles. The molecular weight excluding hydrogens is 392 g/mol. The molecule has 0 bridgehead atoms. The maximum atomic E-state index is 13.0. The van der Waals surface area contributed by atoms with E-state index in [1.54, 1.807) is 23.1 Å². The second-order valence-electron chi connectivity index (χ2n) is 7.53. The van der Waals surface area contributed by atoms with Crippen LogP contribution in [0.2, 0.25) is 0 Å². The Morgan fingerprint density at radius 1 is 1.24 bits per heavy atom. The lowest BCUT2D eigenvalue weighted by molar-refractivity contribution is -0.0926. The van der Waals surface area contributed by atoms with Gasteiger partial charge in [0.1, 0.15) is 10.4 Å². The van der Waals surface area contributed by atoms with Crippen molar-refractivity contribution in [2.75, 3.05) is 19.7 Å². The lowest BCUT2D eigenvalue weighted by Gasteiger charge is -2.44. The highest BCUT2D eigenvalue weighted by molar-refractivity contribution is 7.14. The Labute approximate surface area is 170 Å². The average molecular weight is 412 g/mol. The molecule has 5 heterocycles. The first-order valence-corrected chi connectivity index (χ1v) is 10.4. The van der Waals surface area contributed by atoms with E-state index >= 15 is 0 Å². The molecule has 1 fully saturated rings. The number of nitrogens with zero attached hydrogens (tertiary/aromatic N) is 4. The Bertz CT molecular complexity index is 1130. The number of amides is 1. The third kappa shape index (κ3) is 2.92. The van der Waals surface area contributed by atoms with E-state index in [2.05, 4.69) is 10.1 Å². The first kappa shape index (κ1) is 18.3. The summed E-state index contributed by atoms with van der Waals surface area (Å²) in [5.74, 6) is -0.951. The lowest BCUT2D eigenvalue weighted by Crippen LogP contribution is -2.48. The van der Waals surface area contributed by atoms with Crippen LogP contribution in [0, 0.1) is 0 Å². The van der Waals surface area contributed by atoms with Gasteiger partial charge >= 0.3 is 5.97 Å². The minimum Gasteiger partial charge on any atom is -0.477 e. The molecule has 5 rings (SSSR count). The first-order valence-electron chi connectivity index (χ1n) is 9.54. The maximum Gasteiger partial charge on any atom is 0.345 e. The van der Waals surface area contributed by atoms with E-state index in [0.717, 1.165) is 27.9 Å². The molecule has 1 amide bonds. The number of ether oxygens (including phenoxy) is 1. The summed E-state index contributed by atoms with van der Waals surface area (Å²) in [5.41, 5.74) is 2.64. The van der Waals surface area contributed by atoms with E-state index < -0.39 is 11.6 Å². The van der Waals surface area contributed by atoms with Gasteiger partial charge in [0.05, 0.1) is 29.5 Å². The zero-order chi connectivity index (χ0) is 20.2. The van der Waals surface area contributed by atoms with Crippen molar-refractivity contribution in [3.8, 4) is 0 Å². The summed E-state index contributed by atoms with van der Waals surface area (Å²) in [5, 5.41) is 13.5. The number of rotatable bonds is 2. The molecule has 3 aromatic rings. The Kier molecular flexibility index (Phi) is 4.18. The molecule has 1 saturated heterocycles. The standard InChI is InChI=1S/C20H20N4O4S/c1-23-15-8-12(10-21-14(15)11-22-23)18(25)24-5-3-20(4-6-24)13-9-17(19(26)27)29-16(13)2-7-28-20/h8-11H,2-7H2,1H3,(H,26,27). The number of aromatic nitrogens is 3. The van der Waals surface area contributed by atoms with Crippen molar-refractivity contribution < 1.29 is 19.4 Å². The van der Waals surface area contributed by atoms with E-state index in [1.807, 2.05) is 18.0 Å². The molecule has 0 radical (unpaired) electrons. The van der Waals surface area contributed by atoms with Gasteiger partial charge in [-0.25, -0.2) is 4.79 Å². The summed E-state index contributed by atoms with van der Waals surface area (Å²) >= 11 is 1.34. The monoisotopic (exact) mass is 412 g/mol. The fraction of sp³-hybridized carbons (Fsp3) is 0.400. The van der Waals surface area contributed by atoms with Crippen LogP contribution in [0.3, 0.4) is 0 Å². The Balaban J connectivity index is 1.37. The number of thiophene rings is 1. The Hall–Kier alpha value is -2.78. The van der Waals surface area contributed by atoms with Crippen LogP contribution in [0.15, 0.2) is 24.5 Å². The largest absolute Gasteiger partial charge is 0.477 e. The van der Waals surface area contributed by atoms with Gasteiger partial charge in [0.25, 0.3) is 5.91 Å². The number of pyridine rings is 1. The van der Waals surface area contributed by atoms with Gasteiger partial charge in [0, 0.05) is 37.6 Å². The molecule has 1 spiro atoms. The molecule has 2 aliphatic rings. The zero-order valence-electron chi connectivity index (χ0n) is 15.9. The number of likely N-dealkylation sites (tertiary alicyclic amines) is 1. The molecule has 8 nitrogen and oxygen atoms in total. The van der Waals surface area contributed by atoms with E-state index in [9.17, 15) is 14.7 Å². The Morgan fingerprint density at radius 3 is 2.79 bits per heavy atom. The van der Waals surface area contributed by atoms with Crippen molar-refractivity contribution in [1.29, 1.82) is 0 Å². The van der Waals surface area contributed by atoms with Crippen LogP contribution < -0.4 is 0 Å². The van der Waals surface area contributed by atoms with Crippen LogP contribution in [0.1, 0.15) is 43.3 Å². The number of aromatic carboxylic acids is 1. The fourth-order valence-corrected chi connectivity index (χ4v) is 5.40. The predicted molar refractivity (Wildman–Crippen MR) is 106 cm³/mol. The highest BCUT2D eigenvalue weighted by atomic mass is 32.1. The summed E-state index contributed by atoms with van der Waals surface area (Å²) in [6.07, 6.45) is 5.34. The Morgan fingerprint density at radius 2 is 2.03 bits per heavy atom. The van der Waals surface area contributed by atoms with E-state index in [4.69, 9.17) is 4.74 Å². The summed E-state index contributed by atoms with van der Waals surface area (Å²) in [4.78, 5) is 32.0. The van der Waals surface area contributed by atoms with Crippen LogP contribution in [-0.4, -0.2) is 56.3 Å². The molecule has 2 aliphatic heterocycles. The van der Waals surface area contributed by atoms with E-state index in [1.165, 1.54) is 11.3 Å². The zero-order valence-corrected chi connectivity index (χ0v) is 16.7. The number of fused-ring (bicyclic) bond motifs is 3. The second kappa shape index (κ2) is 6.64. The quantitative estimate of drug-likeness (QED) is 0.694. The summed E-state index contributed by atoms with van der Waals surface area (Å²) < 4.78 is 7.88. The molecule has 0 aliphatic carbocycles. The van der Waals surface area contributed by atoms with Gasteiger partial charge in [-0.05, 0) is 30.5 Å². The van der Waals surface area contributed by atoms with Gasteiger partial charge in [-0.1, -0.05) is 0 Å². The summed E-state index contributed by atoms with van der Waals surface area (Å²) in [7, 11) is 1.83. The second-order valence-corrected chi connectivity index (χ2v) is 8.67. The van der Waals surface area contributed by atoms with Crippen molar-refractivity contribution in [2.24, 2.45) is 7.05 Å². The summed E-state index contributed by atoms with van der Waals surface area (Å²) in [6.45, 7) is 1.70. The van der Waals surface area contributed by atoms with E-state index in [-0.39, 0.29) is 5.91 Å². The molecule has 9 heteroatoms. The maximum absolute atomic E-state index is 13.0. The fourth-order valence-electron chi connectivity index (χ4n) is 4.33. The highest BCUT2D eigenvalue weighted by Gasteiger charge is 2.43. The number of piperidine rings is 1. The van der Waals surface area contributed by atoms with Crippen molar-refractivity contribution in [2.45, 2.75) is 24.9 Å². The average Bonchev–Trinajstić information content (AvgIpc) is 3.33. The van der Waals surface area contributed by atoms with Crippen LogP contribution in [0.25, 0.3) is 11.0 Å². The van der Waals surface area contributed by atoms with Gasteiger partial charge in [-0.3, -0.25) is 14.5 Å². The number of carbonyl (C=O) groups excluding carboxylic acids is 1. The minimum absolute atomic E-state index is 0.0528. The molecule has 0 atom stereocenters. The van der Waals surface area contributed by atoms with Crippen molar-refractivity contribution in [1.82, 2.24) is 19.7 Å². The normalized spacial score (nSPS) is 18.2. The number of hydrogen-bond donors (Lipinski definition) is 1. The van der Waals surface area contributed by atoms with Crippen LogP contribution in [0.5, 0.6) is 0 Å². The van der Waals surface area contributed by atoms with Crippen LogP contribution in [-0.2, 0) is 23.8 Å². The van der Waals surface area contributed by atoms with Crippen molar-refractivity contribution in [3.05, 3.63) is 45.4 Å². The van der Waals surface area contributed by atoms with Crippen LogP contribution >= 0.6 is 11.3 Å². The topological polar surface area (TPSA) is 97.5 Å². The molecular formula is C20H20N4O4S. The molecule has 0 saturated carbocycles. The molecule has 29 heavy (non-hydrogen) atoms. The third-order valence-electron chi connectivity index (χ3n) is 5.92. The number of carboxylic acids is 1. The molecule has 0 unspecified atom stereocenters. The van der Waals surface area contributed by atoms with E-state index in [0.29, 0.717) is 43.0 Å². The van der Waals surface area contributed by atoms with Crippen molar-refractivity contribution in [3.63, 3.8) is 0 Å². The third-order valence-corrected chi connectivity index (χ3v) is 7.11.